The summed E-state index contributed by atoms with van der Waals surface area (Å²) in [5, 5.41) is 17.8. The fourth-order valence-corrected chi connectivity index (χ4v) is 3.26. The van der Waals surface area contributed by atoms with Crippen LogP contribution in [-0.2, 0) is 11.3 Å². The molecule has 0 bridgehead atoms. The quantitative estimate of drug-likeness (QED) is 0.914. The largest absolute Gasteiger partial charge is 0.381 e. The van der Waals surface area contributed by atoms with Crippen LogP contribution in [0.4, 0.5) is 0 Å². The first-order valence-corrected chi connectivity index (χ1v) is 7.74. The molecule has 0 aromatic carbocycles. The fraction of sp³-hybridized carbons (Fsp3) is 0.750. The van der Waals surface area contributed by atoms with Crippen LogP contribution in [0.25, 0.3) is 4.96 Å². The highest BCUT2D eigenvalue weighted by atomic mass is 32.1. The van der Waals surface area contributed by atoms with Crippen LogP contribution in [0.15, 0.2) is 0 Å². The van der Waals surface area contributed by atoms with Crippen molar-refractivity contribution in [2.75, 3.05) is 13.2 Å². The summed E-state index contributed by atoms with van der Waals surface area (Å²) in [6, 6.07) is 0.712. The third kappa shape index (κ3) is 2.37. The molecule has 2 aromatic rings. The summed E-state index contributed by atoms with van der Waals surface area (Å²) < 4.78 is 7.34. The van der Waals surface area contributed by atoms with Crippen molar-refractivity contribution in [1.29, 1.82) is 0 Å². The average molecular weight is 279 g/mol. The maximum absolute atomic E-state index is 5.40. The molecule has 19 heavy (non-hydrogen) atoms. The van der Waals surface area contributed by atoms with Crippen molar-refractivity contribution >= 4 is 16.3 Å². The van der Waals surface area contributed by atoms with Gasteiger partial charge < -0.3 is 10.1 Å². The number of hydrogen-bond donors (Lipinski definition) is 1. The second kappa shape index (κ2) is 4.81. The van der Waals surface area contributed by atoms with Crippen LogP contribution in [0.3, 0.4) is 0 Å². The molecule has 2 aromatic heterocycles. The molecule has 6 nitrogen and oxygen atoms in total. The van der Waals surface area contributed by atoms with Gasteiger partial charge in [0.2, 0.25) is 4.96 Å². The minimum Gasteiger partial charge on any atom is -0.381 e. The minimum absolute atomic E-state index is 0.440. The highest BCUT2D eigenvalue weighted by Gasteiger charge is 2.24. The van der Waals surface area contributed by atoms with E-state index in [9.17, 15) is 0 Å². The van der Waals surface area contributed by atoms with E-state index >= 15 is 0 Å². The van der Waals surface area contributed by atoms with Gasteiger partial charge in [0.05, 0.1) is 0 Å². The molecule has 0 atom stereocenters. The van der Waals surface area contributed by atoms with Crippen molar-refractivity contribution in [1.82, 2.24) is 25.1 Å². The van der Waals surface area contributed by atoms with Crippen LogP contribution in [0.2, 0.25) is 0 Å². The van der Waals surface area contributed by atoms with Gasteiger partial charge in [-0.05, 0) is 25.7 Å². The minimum atomic E-state index is 0.440. The molecular weight excluding hydrogens is 262 g/mol. The molecule has 1 aliphatic heterocycles. The lowest BCUT2D eigenvalue weighted by Crippen LogP contribution is -2.17. The molecule has 4 rings (SSSR count). The Morgan fingerprint density at radius 3 is 2.84 bits per heavy atom. The summed E-state index contributed by atoms with van der Waals surface area (Å²) in [5.74, 6) is 1.45. The number of ether oxygens (including phenoxy) is 1. The van der Waals surface area contributed by atoms with Gasteiger partial charge in [-0.3, -0.25) is 0 Å². The zero-order valence-electron chi connectivity index (χ0n) is 10.7. The van der Waals surface area contributed by atoms with E-state index in [0.717, 1.165) is 48.4 Å². The molecule has 1 N–H and O–H groups in total. The van der Waals surface area contributed by atoms with E-state index in [-0.39, 0.29) is 0 Å². The number of aromatic nitrogens is 4. The van der Waals surface area contributed by atoms with Gasteiger partial charge in [0, 0.05) is 31.7 Å². The van der Waals surface area contributed by atoms with E-state index in [2.05, 4.69) is 20.6 Å². The van der Waals surface area contributed by atoms with E-state index in [1.807, 2.05) is 4.52 Å². The predicted octanol–water partition coefficient (Wildman–Crippen LogP) is 1.33. The maximum atomic E-state index is 5.40. The molecule has 2 fully saturated rings. The van der Waals surface area contributed by atoms with Crippen molar-refractivity contribution in [3.8, 4) is 0 Å². The first kappa shape index (κ1) is 11.7. The fourth-order valence-electron chi connectivity index (χ4n) is 2.47. The van der Waals surface area contributed by atoms with Gasteiger partial charge in [0.1, 0.15) is 5.01 Å². The first-order chi connectivity index (χ1) is 9.40. The number of nitrogens with one attached hydrogen (secondary N) is 1. The van der Waals surface area contributed by atoms with Crippen LogP contribution >= 0.6 is 11.3 Å². The predicted molar refractivity (Wildman–Crippen MR) is 71.3 cm³/mol. The zero-order chi connectivity index (χ0) is 12.7. The topological polar surface area (TPSA) is 64.3 Å². The van der Waals surface area contributed by atoms with E-state index in [1.54, 1.807) is 11.3 Å². The van der Waals surface area contributed by atoms with Crippen molar-refractivity contribution in [2.45, 2.75) is 44.2 Å². The van der Waals surface area contributed by atoms with Gasteiger partial charge in [-0.1, -0.05) is 11.3 Å². The number of nitrogens with zero attached hydrogens (tertiary/aromatic N) is 4. The monoisotopic (exact) mass is 279 g/mol. The van der Waals surface area contributed by atoms with E-state index in [0.29, 0.717) is 12.0 Å². The highest BCUT2D eigenvalue weighted by molar-refractivity contribution is 7.16. The van der Waals surface area contributed by atoms with Crippen molar-refractivity contribution in [3.05, 3.63) is 10.8 Å². The Balaban J connectivity index is 1.56. The lowest BCUT2D eigenvalue weighted by Gasteiger charge is -2.19. The second-order valence-electron chi connectivity index (χ2n) is 5.29. The molecule has 102 valence electrons. The zero-order valence-corrected chi connectivity index (χ0v) is 11.5. The molecule has 1 saturated carbocycles. The Labute approximate surface area is 115 Å². The van der Waals surface area contributed by atoms with Crippen LogP contribution < -0.4 is 5.32 Å². The van der Waals surface area contributed by atoms with Crippen LogP contribution in [-0.4, -0.2) is 39.1 Å². The molecule has 0 unspecified atom stereocenters. The number of fused-ring (bicyclic) bond motifs is 1. The standard InChI is InChI=1S/C12H17N5OS/c1-2-9(1)13-7-10-16-17-11(14-15-12(17)19-10)8-3-5-18-6-4-8/h8-9,13H,1-7H2. The Morgan fingerprint density at radius 2 is 2.05 bits per heavy atom. The van der Waals surface area contributed by atoms with Crippen molar-refractivity contribution in [3.63, 3.8) is 0 Å². The normalized spacial score (nSPS) is 21.3. The molecule has 1 aliphatic carbocycles. The average Bonchev–Trinajstić information content (AvgIpc) is 3.06. The Hall–Kier alpha value is -1.05. The lowest BCUT2D eigenvalue weighted by atomic mass is 10.00. The van der Waals surface area contributed by atoms with E-state index < -0.39 is 0 Å². The molecule has 2 aliphatic rings. The number of rotatable bonds is 4. The molecular formula is C12H17N5OS. The second-order valence-corrected chi connectivity index (χ2v) is 6.33. The molecule has 7 heteroatoms. The van der Waals surface area contributed by atoms with E-state index in [1.165, 1.54) is 12.8 Å². The number of hydrogen-bond acceptors (Lipinski definition) is 6. The molecule has 1 saturated heterocycles. The first-order valence-electron chi connectivity index (χ1n) is 6.92. The van der Waals surface area contributed by atoms with Gasteiger partial charge in [-0.25, -0.2) is 0 Å². The van der Waals surface area contributed by atoms with Gasteiger partial charge in [0.15, 0.2) is 5.82 Å². The van der Waals surface area contributed by atoms with Gasteiger partial charge in [0.25, 0.3) is 0 Å². The van der Waals surface area contributed by atoms with Gasteiger partial charge in [-0.2, -0.15) is 9.61 Å². The Bertz CT molecular complexity index is 570. The summed E-state index contributed by atoms with van der Waals surface area (Å²) in [6.07, 6.45) is 4.65. The molecule has 3 heterocycles. The SMILES string of the molecule is C1CC(c2nnc3sc(CNC4CC4)nn23)CCO1. The third-order valence-corrected chi connectivity index (χ3v) is 4.66. The molecule has 0 amide bonds. The lowest BCUT2D eigenvalue weighted by molar-refractivity contribution is 0.0831. The Morgan fingerprint density at radius 1 is 1.21 bits per heavy atom. The van der Waals surface area contributed by atoms with Crippen LogP contribution in [0.5, 0.6) is 0 Å². The van der Waals surface area contributed by atoms with Crippen LogP contribution in [0, 0.1) is 0 Å². The summed E-state index contributed by atoms with van der Waals surface area (Å²) >= 11 is 1.64. The summed E-state index contributed by atoms with van der Waals surface area (Å²) in [6.45, 7) is 2.49. The third-order valence-electron chi connectivity index (χ3n) is 3.76. The van der Waals surface area contributed by atoms with Gasteiger partial charge in [-0.15, -0.1) is 10.2 Å². The molecule has 0 radical (unpaired) electrons. The van der Waals surface area contributed by atoms with E-state index in [4.69, 9.17) is 4.74 Å². The molecule has 0 spiro atoms. The van der Waals surface area contributed by atoms with Crippen molar-refractivity contribution in [2.24, 2.45) is 0 Å². The van der Waals surface area contributed by atoms with Gasteiger partial charge >= 0.3 is 0 Å². The maximum Gasteiger partial charge on any atom is 0.234 e. The summed E-state index contributed by atoms with van der Waals surface area (Å²) in [4.78, 5) is 0.911. The van der Waals surface area contributed by atoms with Crippen LogP contribution in [0.1, 0.15) is 42.4 Å². The Kier molecular flexibility index (Phi) is 2.97. The summed E-state index contributed by atoms with van der Waals surface area (Å²) in [5.41, 5.74) is 0. The summed E-state index contributed by atoms with van der Waals surface area (Å²) in [7, 11) is 0. The highest BCUT2D eigenvalue weighted by Crippen LogP contribution is 2.27. The van der Waals surface area contributed by atoms with Crippen molar-refractivity contribution < 1.29 is 4.74 Å². The smallest absolute Gasteiger partial charge is 0.234 e.